The molecule has 0 saturated heterocycles. The molecule has 0 aromatic heterocycles. The summed E-state index contributed by atoms with van der Waals surface area (Å²) in [5.41, 5.74) is 6.48. The van der Waals surface area contributed by atoms with Gasteiger partial charge in [-0.3, -0.25) is 4.79 Å². The molecule has 0 aliphatic carbocycles. The van der Waals surface area contributed by atoms with Crippen molar-refractivity contribution in [1.82, 2.24) is 5.32 Å². The highest BCUT2D eigenvalue weighted by Crippen LogP contribution is 2.35. The van der Waals surface area contributed by atoms with Gasteiger partial charge in [0.2, 0.25) is 5.91 Å². The second kappa shape index (κ2) is 10.4. The van der Waals surface area contributed by atoms with Crippen LogP contribution in [-0.4, -0.2) is 18.5 Å². The lowest BCUT2D eigenvalue weighted by Crippen LogP contribution is -2.31. The number of nitrogens with one attached hydrogen (secondary N) is 1. The quantitative estimate of drug-likeness (QED) is 0.705. The minimum Gasteiger partial charge on any atom is -0.355 e. The molecule has 0 saturated carbocycles. The summed E-state index contributed by atoms with van der Waals surface area (Å²) in [7, 11) is 0. The van der Waals surface area contributed by atoms with Crippen LogP contribution in [0.25, 0.3) is 0 Å². The number of hydrogen-bond acceptors (Lipinski definition) is 3. The Balaban J connectivity index is 0.00000312. The summed E-state index contributed by atoms with van der Waals surface area (Å²) < 4.78 is 26.5. The number of thioether (sulfide) groups is 1. The molecule has 0 aliphatic rings. The minimum atomic E-state index is -0.927. The lowest BCUT2D eigenvalue weighted by molar-refractivity contribution is -0.120. The van der Waals surface area contributed by atoms with Crippen LogP contribution in [0.2, 0.25) is 0 Å². The average molecular weight is 387 g/mol. The Labute approximate surface area is 156 Å². The molecule has 0 aliphatic heterocycles. The molecule has 2 unspecified atom stereocenters. The highest BCUT2D eigenvalue weighted by Gasteiger charge is 2.22. The van der Waals surface area contributed by atoms with E-state index in [2.05, 4.69) is 5.32 Å². The molecule has 0 heterocycles. The number of nitrogens with two attached hydrogens (primary N) is 1. The molecule has 0 radical (unpaired) electrons. The molecular formula is C18H21ClF2N2OS. The second-order valence-electron chi connectivity index (χ2n) is 5.54. The Morgan fingerprint density at radius 1 is 1.16 bits per heavy atom. The normalized spacial score (nSPS) is 12.8. The van der Waals surface area contributed by atoms with Crippen molar-refractivity contribution in [1.29, 1.82) is 0 Å². The predicted octanol–water partition coefficient (Wildman–Crippen LogP) is 4.07. The Morgan fingerprint density at radius 3 is 2.44 bits per heavy atom. The zero-order chi connectivity index (χ0) is 17.5. The average Bonchev–Trinajstić information content (AvgIpc) is 2.56. The van der Waals surface area contributed by atoms with E-state index in [1.165, 1.54) is 17.8 Å². The van der Waals surface area contributed by atoms with Crippen molar-refractivity contribution >= 4 is 30.1 Å². The molecule has 0 bridgehead atoms. The first-order chi connectivity index (χ1) is 11.5. The van der Waals surface area contributed by atoms with Crippen molar-refractivity contribution in [2.24, 2.45) is 5.73 Å². The van der Waals surface area contributed by atoms with Crippen LogP contribution in [0.15, 0.2) is 53.4 Å². The Bertz CT molecular complexity index is 686. The number of carbonyl (C=O) groups excluding carboxylic acids is 1. The van der Waals surface area contributed by atoms with E-state index in [1.54, 1.807) is 0 Å². The first-order valence-electron chi connectivity index (χ1n) is 7.67. The van der Waals surface area contributed by atoms with Gasteiger partial charge in [-0.2, -0.15) is 0 Å². The van der Waals surface area contributed by atoms with Gasteiger partial charge in [-0.25, -0.2) is 8.78 Å². The molecule has 0 spiro atoms. The van der Waals surface area contributed by atoms with Crippen molar-refractivity contribution in [3.63, 3.8) is 0 Å². The zero-order valence-corrected chi connectivity index (χ0v) is 15.4. The number of hydrogen-bond donors (Lipinski definition) is 2. The van der Waals surface area contributed by atoms with E-state index in [1.807, 2.05) is 37.3 Å². The van der Waals surface area contributed by atoms with Crippen LogP contribution >= 0.6 is 24.2 Å². The maximum Gasteiger partial charge on any atom is 0.237 e. The molecule has 3 nitrogen and oxygen atoms in total. The molecule has 2 aromatic rings. The van der Waals surface area contributed by atoms with Gasteiger partial charge in [0.05, 0.1) is 0 Å². The number of halogens is 3. The molecule has 136 valence electrons. The summed E-state index contributed by atoms with van der Waals surface area (Å²) in [5.74, 6) is -2.02. The molecule has 2 atom stereocenters. The molecule has 2 rings (SSSR count). The van der Waals surface area contributed by atoms with E-state index in [0.29, 0.717) is 17.9 Å². The Morgan fingerprint density at radius 2 is 1.84 bits per heavy atom. The lowest BCUT2D eigenvalue weighted by atomic mass is 10.1. The van der Waals surface area contributed by atoms with Crippen LogP contribution in [0.1, 0.15) is 24.2 Å². The number of carbonyl (C=O) groups is 1. The summed E-state index contributed by atoms with van der Waals surface area (Å²) >= 11 is 1.18. The molecule has 3 N–H and O–H groups in total. The van der Waals surface area contributed by atoms with E-state index in [-0.39, 0.29) is 24.4 Å². The van der Waals surface area contributed by atoms with Crippen molar-refractivity contribution < 1.29 is 13.6 Å². The number of rotatable bonds is 7. The van der Waals surface area contributed by atoms with Gasteiger partial charge in [0.1, 0.15) is 5.25 Å². The maximum absolute atomic E-state index is 13.4. The van der Waals surface area contributed by atoms with Gasteiger partial charge in [-0.1, -0.05) is 30.3 Å². The fraction of sp³-hybridized carbons (Fsp3) is 0.278. The predicted molar refractivity (Wildman–Crippen MR) is 99.9 cm³/mol. The van der Waals surface area contributed by atoms with Crippen LogP contribution in [-0.2, 0) is 4.79 Å². The summed E-state index contributed by atoms with van der Waals surface area (Å²) in [4.78, 5) is 13.0. The van der Waals surface area contributed by atoms with Gasteiger partial charge in [0.15, 0.2) is 11.6 Å². The van der Waals surface area contributed by atoms with Crippen LogP contribution in [0.5, 0.6) is 0 Å². The standard InChI is InChI=1S/C18H20F2N2OS.ClH/c1-12(21)9-10-22-18(23)17(13-5-3-2-4-6-13)24-14-7-8-15(19)16(20)11-14;/h2-8,11-12,17H,9-10,21H2,1H3,(H,22,23);1H. The monoisotopic (exact) mass is 386 g/mol. The minimum absolute atomic E-state index is 0. The van der Waals surface area contributed by atoms with E-state index >= 15 is 0 Å². The first-order valence-corrected chi connectivity index (χ1v) is 8.55. The van der Waals surface area contributed by atoms with Crippen molar-refractivity contribution in [2.45, 2.75) is 29.5 Å². The van der Waals surface area contributed by atoms with E-state index < -0.39 is 16.9 Å². The third-order valence-electron chi connectivity index (χ3n) is 3.38. The van der Waals surface area contributed by atoms with E-state index in [9.17, 15) is 13.6 Å². The van der Waals surface area contributed by atoms with Gasteiger partial charge >= 0.3 is 0 Å². The first kappa shape index (κ1) is 21.4. The number of amides is 1. The summed E-state index contributed by atoms with van der Waals surface area (Å²) in [6, 6.07) is 12.8. The molecule has 1 amide bonds. The van der Waals surface area contributed by atoms with Crippen LogP contribution < -0.4 is 11.1 Å². The van der Waals surface area contributed by atoms with Crippen molar-refractivity contribution in [3.05, 3.63) is 65.7 Å². The van der Waals surface area contributed by atoms with Gasteiger partial charge in [-0.05, 0) is 37.1 Å². The molecular weight excluding hydrogens is 366 g/mol. The van der Waals surface area contributed by atoms with Crippen molar-refractivity contribution in [2.75, 3.05) is 6.54 Å². The summed E-state index contributed by atoms with van der Waals surface area (Å²) in [6.07, 6.45) is 0.670. The molecule has 0 fully saturated rings. The van der Waals surface area contributed by atoms with Gasteiger partial charge in [-0.15, -0.1) is 24.2 Å². The third kappa shape index (κ3) is 6.65. The van der Waals surface area contributed by atoms with Gasteiger partial charge in [0.25, 0.3) is 0 Å². The second-order valence-corrected chi connectivity index (χ2v) is 6.72. The van der Waals surface area contributed by atoms with Crippen LogP contribution in [0.3, 0.4) is 0 Å². The molecule has 2 aromatic carbocycles. The zero-order valence-electron chi connectivity index (χ0n) is 13.7. The number of benzene rings is 2. The third-order valence-corrected chi connectivity index (χ3v) is 4.63. The summed E-state index contributed by atoms with van der Waals surface area (Å²) in [6.45, 7) is 2.34. The van der Waals surface area contributed by atoms with Crippen LogP contribution in [0, 0.1) is 11.6 Å². The SMILES string of the molecule is CC(N)CCNC(=O)C(Sc1ccc(F)c(F)c1)c1ccccc1.Cl. The topological polar surface area (TPSA) is 55.1 Å². The fourth-order valence-electron chi connectivity index (χ4n) is 2.10. The Hall–Kier alpha value is -1.63. The molecule has 7 heteroatoms. The smallest absolute Gasteiger partial charge is 0.237 e. The highest BCUT2D eigenvalue weighted by atomic mass is 35.5. The van der Waals surface area contributed by atoms with Gasteiger partial charge in [0, 0.05) is 17.5 Å². The Kier molecular flexibility index (Phi) is 8.89. The van der Waals surface area contributed by atoms with Crippen molar-refractivity contribution in [3.8, 4) is 0 Å². The highest BCUT2D eigenvalue weighted by molar-refractivity contribution is 8.00. The fourth-order valence-corrected chi connectivity index (χ4v) is 3.18. The summed E-state index contributed by atoms with van der Waals surface area (Å²) in [5, 5.41) is 2.30. The largest absolute Gasteiger partial charge is 0.355 e. The maximum atomic E-state index is 13.4. The van der Waals surface area contributed by atoms with Crippen LogP contribution in [0.4, 0.5) is 8.78 Å². The lowest BCUT2D eigenvalue weighted by Gasteiger charge is -2.17. The van der Waals surface area contributed by atoms with E-state index in [4.69, 9.17) is 5.73 Å². The van der Waals surface area contributed by atoms with E-state index in [0.717, 1.165) is 17.7 Å². The van der Waals surface area contributed by atoms with Gasteiger partial charge < -0.3 is 11.1 Å². The molecule has 25 heavy (non-hydrogen) atoms.